The molecule has 0 saturated carbocycles. The maximum Gasteiger partial charge on any atom is 0.425 e. The highest BCUT2D eigenvalue weighted by atomic mass is 32.2. The molecule has 1 amide bonds. The maximum atomic E-state index is 14.2. The number of hydrogen-bond donors (Lipinski definition) is 0. The number of carbonyl (C=O) groups is 2. The zero-order valence-corrected chi connectivity index (χ0v) is 20.0. The second-order valence-corrected chi connectivity index (χ2v) is 10.2. The molecule has 190 valence electrons. The number of halogens is 4. The van der Waals surface area contributed by atoms with Gasteiger partial charge < -0.3 is 14.5 Å². The van der Waals surface area contributed by atoms with E-state index in [4.69, 9.17) is 4.74 Å². The van der Waals surface area contributed by atoms with Crippen molar-refractivity contribution in [2.45, 2.75) is 31.0 Å². The third-order valence-corrected chi connectivity index (χ3v) is 6.75. The Balaban J connectivity index is 1.82. The minimum Gasteiger partial charge on any atom is -0.480 e. The summed E-state index contributed by atoms with van der Waals surface area (Å²) in [6.07, 6.45) is -5.98. The lowest BCUT2D eigenvalue weighted by Crippen LogP contribution is -2.49. The number of ketones is 1. The number of hydrogen-bond acceptors (Lipinski definition) is 6. The van der Waals surface area contributed by atoms with E-state index in [1.165, 1.54) is 24.0 Å². The Morgan fingerprint density at radius 3 is 2.14 bits per heavy atom. The number of ether oxygens (including phenoxy) is 1. The molecule has 1 fully saturated rings. The summed E-state index contributed by atoms with van der Waals surface area (Å²) >= 11 is 0. The molecule has 1 aliphatic rings. The van der Waals surface area contributed by atoms with E-state index in [-0.39, 0.29) is 48.0 Å². The summed E-state index contributed by atoms with van der Waals surface area (Å²) in [5.74, 6) is -2.13. The monoisotopic (exact) mass is 516 g/mol. The predicted octanol–water partition coefficient (Wildman–Crippen LogP) is 3.72. The molecule has 0 radical (unpaired) electrons. The van der Waals surface area contributed by atoms with Gasteiger partial charge in [-0.25, -0.2) is 12.8 Å². The van der Waals surface area contributed by atoms with E-state index in [0.29, 0.717) is 5.69 Å². The van der Waals surface area contributed by atoms with E-state index in [1.807, 2.05) is 0 Å². The lowest BCUT2D eigenvalue weighted by molar-refractivity contribution is -0.189. The third-order valence-electron chi connectivity index (χ3n) is 5.64. The van der Waals surface area contributed by atoms with Crippen LogP contribution in [0.15, 0.2) is 41.3 Å². The molecule has 12 heteroatoms. The first-order valence-corrected chi connectivity index (χ1v) is 12.5. The van der Waals surface area contributed by atoms with Crippen molar-refractivity contribution in [2.24, 2.45) is 0 Å². The van der Waals surface area contributed by atoms with E-state index < -0.39 is 39.6 Å². The van der Waals surface area contributed by atoms with Crippen molar-refractivity contribution in [2.75, 3.05) is 37.3 Å². The number of nitrogens with zero attached hydrogens (tertiary/aromatic N) is 2. The van der Waals surface area contributed by atoms with Gasteiger partial charge in [0, 0.05) is 38.1 Å². The molecule has 0 N–H and O–H groups in total. The van der Waals surface area contributed by atoms with Gasteiger partial charge in [-0.1, -0.05) is 0 Å². The largest absolute Gasteiger partial charge is 0.480 e. The Morgan fingerprint density at radius 1 is 1.00 bits per heavy atom. The molecule has 2 aromatic carbocycles. The van der Waals surface area contributed by atoms with Gasteiger partial charge in [0.25, 0.3) is 5.91 Å². The van der Waals surface area contributed by atoms with Crippen molar-refractivity contribution in [3.63, 3.8) is 0 Å². The number of piperazine rings is 1. The summed E-state index contributed by atoms with van der Waals surface area (Å²) in [7, 11) is -3.74. The van der Waals surface area contributed by atoms with Crippen LogP contribution in [-0.2, 0) is 9.84 Å². The highest BCUT2D eigenvalue weighted by Gasteiger charge is 2.39. The molecule has 0 aliphatic carbocycles. The molecular weight excluding hydrogens is 492 g/mol. The fourth-order valence-electron chi connectivity index (χ4n) is 3.59. The Morgan fingerprint density at radius 2 is 1.63 bits per heavy atom. The van der Waals surface area contributed by atoms with Gasteiger partial charge in [-0.3, -0.25) is 9.59 Å². The standard InChI is InChI=1S/C23H24F4N2O5S/c1-14(30)18-6-4-16(12-20(18)24)28-8-10-29(11-9-28)22(31)19-13-17(35(3,32)33)5-7-21(19)34-15(2)23(25,26)27/h4-7,12-13,15H,8-11H2,1-3H3. The minimum absolute atomic E-state index is 0.0334. The van der Waals surface area contributed by atoms with Gasteiger partial charge in [0.15, 0.2) is 21.7 Å². The first-order chi connectivity index (χ1) is 16.2. The van der Waals surface area contributed by atoms with Crippen molar-refractivity contribution in [3.05, 3.63) is 53.3 Å². The SMILES string of the molecule is CC(=O)c1ccc(N2CCN(C(=O)c3cc(S(C)(=O)=O)ccc3OC(C)C(F)(F)F)CC2)cc1F. The molecule has 0 aromatic heterocycles. The van der Waals surface area contributed by atoms with Gasteiger partial charge in [0.2, 0.25) is 0 Å². The van der Waals surface area contributed by atoms with Crippen molar-refractivity contribution in [1.82, 2.24) is 4.90 Å². The van der Waals surface area contributed by atoms with Gasteiger partial charge in [0.1, 0.15) is 11.6 Å². The van der Waals surface area contributed by atoms with Gasteiger partial charge in [-0.2, -0.15) is 13.2 Å². The number of carbonyl (C=O) groups excluding carboxylic acids is 2. The quantitative estimate of drug-likeness (QED) is 0.430. The molecule has 3 rings (SSSR count). The number of Topliss-reactive ketones (excluding diaryl/α,β-unsaturated/α-hetero) is 1. The average Bonchev–Trinajstić information content (AvgIpc) is 2.77. The maximum absolute atomic E-state index is 14.2. The second-order valence-electron chi connectivity index (χ2n) is 8.23. The highest BCUT2D eigenvalue weighted by Crippen LogP contribution is 2.30. The Labute approximate surface area is 200 Å². The lowest BCUT2D eigenvalue weighted by atomic mass is 10.1. The number of benzene rings is 2. The van der Waals surface area contributed by atoms with E-state index in [2.05, 4.69) is 0 Å². The lowest BCUT2D eigenvalue weighted by Gasteiger charge is -2.36. The summed E-state index contributed by atoms with van der Waals surface area (Å²) in [6.45, 7) is 2.90. The van der Waals surface area contributed by atoms with Crippen molar-refractivity contribution in [3.8, 4) is 5.75 Å². The van der Waals surface area contributed by atoms with Crippen LogP contribution in [0.1, 0.15) is 34.6 Å². The van der Waals surface area contributed by atoms with Crippen LogP contribution in [0.2, 0.25) is 0 Å². The van der Waals surface area contributed by atoms with Gasteiger partial charge in [-0.15, -0.1) is 0 Å². The molecule has 1 atom stereocenters. The smallest absolute Gasteiger partial charge is 0.425 e. The number of rotatable bonds is 6. The van der Waals surface area contributed by atoms with Crippen LogP contribution >= 0.6 is 0 Å². The highest BCUT2D eigenvalue weighted by molar-refractivity contribution is 7.90. The number of sulfone groups is 1. The van der Waals surface area contributed by atoms with Crippen molar-refractivity contribution < 1.29 is 40.3 Å². The Hall–Kier alpha value is -3.15. The van der Waals surface area contributed by atoms with Gasteiger partial charge in [-0.05, 0) is 50.2 Å². The third kappa shape index (κ3) is 6.11. The van der Waals surface area contributed by atoms with Crippen LogP contribution in [0.3, 0.4) is 0 Å². The number of amides is 1. The van der Waals surface area contributed by atoms with Gasteiger partial charge >= 0.3 is 6.18 Å². The molecule has 0 bridgehead atoms. The summed E-state index contributed by atoms with van der Waals surface area (Å²) in [5.41, 5.74) is 0.185. The summed E-state index contributed by atoms with van der Waals surface area (Å²) in [6, 6.07) is 7.35. The summed E-state index contributed by atoms with van der Waals surface area (Å²) in [5, 5.41) is 0. The van der Waals surface area contributed by atoms with Crippen LogP contribution in [0.4, 0.5) is 23.2 Å². The summed E-state index contributed by atoms with van der Waals surface area (Å²) < 4.78 is 82.2. The van der Waals surface area contributed by atoms with E-state index in [1.54, 1.807) is 11.0 Å². The van der Waals surface area contributed by atoms with Gasteiger partial charge in [0.05, 0.1) is 16.0 Å². The molecule has 7 nitrogen and oxygen atoms in total. The van der Waals surface area contributed by atoms with Crippen LogP contribution in [0.5, 0.6) is 5.75 Å². The fourth-order valence-corrected chi connectivity index (χ4v) is 4.24. The van der Waals surface area contributed by atoms with E-state index in [0.717, 1.165) is 31.4 Å². The van der Waals surface area contributed by atoms with Crippen molar-refractivity contribution in [1.29, 1.82) is 0 Å². The van der Waals surface area contributed by atoms with Crippen LogP contribution in [0, 0.1) is 5.82 Å². The number of anilines is 1. The molecule has 1 heterocycles. The molecule has 35 heavy (non-hydrogen) atoms. The topological polar surface area (TPSA) is 84.0 Å². The Bertz CT molecular complexity index is 1240. The Kier molecular flexibility index (Phi) is 7.44. The van der Waals surface area contributed by atoms with Crippen molar-refractivity contribution >= 4 is 27.2 Å². The van der Waals surface area contributed by atoms with Crippen LogP contribution in [-0.4, -0.2) is 69.7 Å². The zero-order chi connectivity index (χ0) is 26.1. The minimum atomic E-state index is -4.69. The molecule has 1 saturated heterocycles. The summed E-state index contributed by atoms with van der Waals surface area (Å²) in [4.78, 5) is 27.6. The zero-order valence-electron chi connectivity index (χ0n) is 19.2. The molecule has 1 aliphatic heterocycles. The molecule has 1 unspecified atom stereocenters. The van der Waals surface area contributed by atoms with E-state index >= 15 is 0 Å². The van der Waals surface area contributed by atoms with Crippen LogP contribution in [0.25, 0.3) is 0 Å². The first-order valence-electron chi connectivity index (χ1n) is 10.6. The molecular formula is C23H24F4N2O5S. The molecule has 0 spiro atoms. The molecule has 2 aromatic rings. The predicted molar refractivity (Wildman–Crippen MR) is 120 cm³/mol. The fraction of sp³-hybridized carbons (Fsp3) is 0.391. The first kappa shape index (κ1) is 26.5. The number of alkyl halides is 3. The van der Waals surface area contributed by atoms with Crippen LogP contribution < -0.4 is 9.64 Å². The van der Waals surface area contributed by atoms with E-state index in [9.17, 15) is 35.6 Å². The second kappa shape index (κ2) is 9.84. The normalized spacial score (nSPS) is 15.6. The average molecular weight is 517 g/mol.